The van der Waals surface area contributed by atoms with Gasteiger partial charge in [-0.2, -0.15) is 0 Å². The fourth-order valence-corrected chi connectivity index (χ4v) is 8.52. The van der Waals surface area contributed by atoms with Crippen molar-refractivity contribution in [2.45, 2.75) is 54.7 Å². The molecule has 6 atom stereocenters. The molecule has 3 fully saturated rings. The third-order valence-electron chi connectivity index (χ3n) is 7.75. The molecule has 2 unspecified atom stereocenters. The minimum atomic E-state index is -1.00. The second kappa shape index (κ2) is 8.92. The Balaban J connectivity index is 1.83. The van der Waals surface area contributed by atoms with Crippen LogP contribution < -0.4 is 9.64 Å². The van der Waals surface area contributed by atoms with Crippen LogP contribution in [0.5, 0.6) is 5.75 Å². The molecule has 4 rings (SSSR count). The number of carbonyl (C=O) groups excluding carboxylic acids is 2. The number of aliphatic carboxylic acids is 1. The van der Waals surface area contributed by atoms with Gasteiger partial charge in [0.1, 0.15) is 11.8 Å². The van der Waals surface area contributed by atoms with Crippen molar-refractivity contribution >= 4 is 35.2 Å². The van der Waals surface area contributed by atoms with Crippen LogP contribution in [-0.2, 0) is 14.4 Å². The Morgan fingerprint density at radius 1 is 1.35 bits per heavy atom. The number of amides is 2. The number of ether oxygens (including phenoxy) is 1. The Morgan fingerprint density at radius 3 is 2.56 bits per heavy atom. The van der Waals surface area contributed by atoms with Crippen LogP contribution in [-0.4, -0.2) is 74.7 Å². The van der Waals surface area contributed by atoms with E-state index in [2.05, 4.69) is 6.58 Å². The van der Waals surface area contributed by atoms with Crippen molar-refractivity contribution in [1.29, 1.82) is 0 Å². The first kappa shape index (κ1) is 24.6. The Bertz CT molecular complexity index is 996. The summed E-state index contributed by atoms with van der Waals surface area (Å²) in [5.74, 6) is -2.64. The average Bonchev–Trinajstić information content (AvgIpc) is 3.39. The lowest BCUT2D eigenvalue weighted by atomic mass is 9.66. The lowest BCUT2D eigenvalue weighted by Crippen LogP contribution is -2.57. The summed E-state index contributed by atoms with van der Waals surface area (Å²) in [6.45, 7) is 7.49. The topological polar surface area (TPSA) is 107 Å². The van der Waals surface area contributed by atoms with Gasteiger partial charge in [-0.1, -0.05) is 13.0 Å². The molecule has 0 aromatic heterocycles. The van der Waals surface area contributed by atoms with Crippen molar-refractivity contribution in [3.8, 4) is 5.75 Å². The molecule has 3 heterocycles. The predicted octanol–water partition coefficient (Wildman–Crippen LogP) is 2.55. The highest BCUT2D eigenvalue weighted by Crippen LogP contribution is 2.71. The van der Waals surface area contributed by atoms with Crippen LogP contribution in [0.4, 0.5) is 5.69 Å². The van der Waals surface area contributed by atoms with Gasteiger partial charge in [-0.15, -0.1) is 18.3 Å². The molecule has 0 saturated carbocycles. The number of carboxylic acids is 1. The number of thioether (sulfide) groups is 1. The van der Waals surface area contributed by atoms with Crippen molar-refractivity contribution in [1.82, 2.24) is 4.90 Å². The minimum absolute atomic E-state index is 0.227. The van der Waals surface area contributed by atoms with Gasteiger partial charge in [0.05, 0.1) is 36.3 Å². The molecule has 34 heavy (non-hydrogen) atoms. The molecule has 2 bridgehead atoms. The number of anilines is 1. The van der Waals surface area contributed by atoms with Crippen LogP contribution in [0, 0.1) is 11.8 Å². The summed E-state index contributed by atoms with van der Waals surface area (Å²) in [6.07, 6.45) is 3.28. The molecule has 1 aromatic carbocycles. The Morgan fingerprint density at radius 2 is 2.03 bits per heavy atom. The molecule has 2 amide bonds. The monoisotopic (exact) mass is 488 g/mol. The van der Waals surface area contributed by atoms with E-state index in [1.54, 1.807) is 42.4 Å². The molecule has 0 aliphatic carbocycles. The third kappa shape index (κ3) is 3.43. The summed E-state index contributed by atoms with van der Waals surface area (Å²) in [5.41, 5.74) is 0.633. The van der Waals surface area contributed by atoms with Gasteiger partial charge in [0.15, 0.2) is 0 Å². The van der Waals surface area contributed by atoms with Crippen molar-refractivity contribution in [2.75, 3.05) is 25.2 Å². The van der Waals surface area contributed by atoms with Crippen molar-refractivity contribution < 1.29 is 29.3 Å². The summed E-state index contributed by atoms with van der Waals surface area (Å²) in [6, 6.07) is 5.64. The van der Waals surface area contributed by atoms with E-state index in [1.807, 2.05) is 13.8 Å². The lowest BCUT2D eigenvalue weighted by Gasteiger charge is -2.39. The van der Waals surface area contributed by atoms with E-state index in [-0.39, 0.29) is 25.0 Å². The number of likely N-dealkylation sites (tertiary alicyclic amines) is 1. The lowest BCUT2D eigenvalue weighted by molar-refractivity contribution is -0.150. The maximum Gasteiger partial charge on any atom is 0.308 e. The van der Waals surface area contributed by atoms with Crippen LogP contribution in [0.1, 0.15) is 33.1 Å². The summed E-state index contributed by atoms with van der Waals surface area (Å²) in [5, 5.41) is 20.2. The molecule has 2 N–H and O–H groups in total. The molecule has 3 aliphatic rings. The van der Waals surface area contributed by atoms with Crippen molar-refractivity contribution in [3.63, 3.8) is 0 Å². The zero-order chi connectivity index (χ0) is 24.8. The van der Waals surface area contributed by atoms with E-state index < -0.39 is 39.4 Å². The number of fused-ring (bicyclic) bond motifs is 1. The number of rotatable bonds is 9. The van der Waals surface area contributed by atoms with Crippen molar-refractivity contribution in [3.05, 3.63) is 36.9 Å². The maximum absolute atomic E-state index is 14.3. The number of carboxylic acid groups (broad SMARTS) is 1. The normalized spacial score (nSPS) is 32.4. The van der Waals surface area contributed by atoms with Crippen LogP contribution in [0.2, 0.25) is 0 Å². The zero-order valence-electron chi connectivity index (χ0n) is 19.8. The van der Waals surface area contributed by atoms with Crippen LogP contribution in [0.15, 0.2) is 36.9 Å². The largest absolute Gasteiger partial charge is 0.497 e. The molecule has 3 aliphatic heterocycles. The summed E-state index contributed by atoms with van der Waals surface area (Å²) >= 11 is 1.49. The number of nitrogens with zero attached hydrogens (tertiary/aromatic N) is 2. The Labute approximate surface area is 203 Å². The number of carbonyl (C=O) groups is 3. The fraction of sp³-hybridized carbons (Fsp3) is 0.560. The zero-order valence-corrected chi connectivity index (χ0v) is 20.6. The molecular weight excluding hydrogens is 456 g/mol. The summed E-state index contributed by atoms with van der Waals surface area (Å²) in [4.78, 5) is 43.6. The van der Waals surface area contributed by atoms with Gasteiger partial charge in [-0.3, -0.25) is 14.4 Å². The van der Waals surface area contributed by atoms with Gasteiger partial charge in [0.2, 0.25) is 5.91 Å². The molecular formula is C25H32N2O6S. The number of aliphatic hydroxyl groups excluding tert-OH is 1. The molecule has 3 saturated heterocycles. The van der Waals surface area contributed by atoms with Gasteiger partial charge >= 0.3 is 5.97 Å². The molecule has 9 heteroatoms. The Kier molecular flexibility index (Phi) is 6.46. The van der Waals surface area contributed by atoms with E-state index in [4.69, 9.17) is 4.74 Å². The van der Waals surface area contributed by atoms with E-state index in [0.29, 0.717) is 30.7 Å². The minimum Gasteiger partial charge on any atom is -0.497 e. The third-order valence-corrected chi connectivity index (χ3v) is 9.74. The maximum atomic E-state index is 14.3. The van der Waals surface area contributed by atoms with Crippen LogP contribution in [0.25, 0.3) is 0 Å². The van der Waals surface area contributed by atoms with Gasteiger partial charge in [-0.05, 0) is 50.5 Å². The second-order valence-corrected chi connectivity index (χ2v) is 11.4. The highest BCUT2D eigenvalue weighted by Gasteiger charge is 2.78. The quantitative estimate of drug-likeness (QED) is 0.515. The van der Waals surface area contributed by atoms with Gasteiger partial charge in [0.25, 0.3) is 5.91 Å². The van der Waals surface area contributed by atoms with E-state index >= 15 is 0 Å². The fourth-order valence-electron chi connectivity index (χ4n) is 6.19. The number of methoxy groups -OCH3 is 1. The highest BCUT2D eigenvalue weighted by molar-refractivity contribution is 8.02. The smallest absolute Gasteiger partial charge is 0.308 e. The van der Waals surface area contributed by atoms with E-state index in [0.717, 1.165) is 0 Å². The molecule has 184 valence electrons. The molecule has 1 aromatic rings. The number of hydrogen-bond acceptors (Lipinski definition) is 6. The van der Waals surface area contributed by atoms with E-state index in [1.165, 1.54) is 16.7 Å². The Hall–Kier alpha value is -2.52. The standard InChI is InChI=1S/C25H32N2O6S/c1-5-13-26(16-7-9-17(33-4)10-8-16)22(30)20-25-12-11-24(3,34-25)19(23(31)32)18(25)21(29)27(20)15(6-2)14-28/h5,7-10,15,18-20,28H,1,6,11-14H2,2-4H3,(H,31,32)/t15-,18-,19-,20?,24+,25?/m0/s1. The first-order valence-corrected chi connectivity index (χ1v) is 12.4. The number of hydrogen-bond donors (Lipinski definition) is 2. The van der Waals surface area contributed by atoms with Gasteiger partial charge < -0.3 is 24.7 Å². The molecule has 8 nitrogen and oxygen atoms in total. The summed E-state index contributed by atoms with van der Waals surface area (Å²) < 4.78 is 3.78. The van der Waals surface area contributed by atoms with Crippen LogP contribution >= 0.6 is 11.8 Å². The first-order valence-electron chi connectivity index (χ1n) is 11.6. The molecule has 1 spiro atoms. The highest BCUT2D eigenvalue weighted by atomic mass is 32.2. The number of aliphatic hydroxyl groups is 1. The summed E-state index contributed by atoms with van der Waals surface area (Å²) in [7, 11) is 1.57. The van der Waals surface area contributed by atoms with Crippen molar-refractivity contribution in [2.24, 2.45) is 11.8 Å². The molecule has 0 radical (unpaired) electrons. The van der Waals surface area contributed by atoms with Crippen LogP contribution in [0.3, 0.4) is 0 Å². The van der Waals surface area contributed by atoms with Gasteiger partial charge in [-0.25, -0.2) is 0 Å². The predicted molar refractivity (Wildman–Crippen MR) is 130 cm³/mol. The van der Waals surface area contributed by atoms with Gasteiger partial charge in [0, 0.05) is 17.0 Å². The van der Waals surface area contributed by atoms with E-state index in [9.17, 15) is 24.6 Å². The number of benzene rings is 1. The average molecular weight is 489 g/mol. The second-order valence-electron chi connectivity index (χ2n) is 9.49. The SMILES string of the molecule is C=CCN(C(=O)C1N([C@@H](CC)CO)C(=O)[C@@H]2[C@@H](C(=O)O)[C@@]3(C)CCC12S3)c1ccc(OC)cc1. The first-order chi connectivity index (χ1) is 16.2.